The number of aldehydes is 1. The molecular weight excluding hydrogens is 343 g/mol. The Labute approximate surface area is 121 Å². The fourth-order valence-electron chi connectivity index (χ4n) is 1.92. The van der Waals surface area contributed by atoms with Crippen LogP contribution in [-0.2, 0) is 10.3 Å². The molecule has 0 saturated heterocycles. The molecule has 0 spiro atoms. The van der Waals surface area contributed by atoms with E-state index < -0.39 is 28.6 Å². The van der Waals surface area contributed by atoms with Crippen LogP contribution in [0.15, 0.2) is 28.7 Å². The van der Waals surface area contributed by atoms with Crippen LogP contribution in [0.2, 0.25) is 0 Å². The van der Waals surface area contributed by atoms with Gasteiger partial charge in [-0.1, -0.05) is 28.1 Å². The van der Waals surface area contributed by atoms with Crippen molar-refractivity contribution in [1.82, 2.24) is 0 Å². The number of nitro groups is 1. The first kappa shape index (κ1) is 16.6. The molecule has 0 heterocycles. The summed E-state index contributed by atoms with van der Waals surface area (Å²) in [7, 11) is 0. The van der Waals surface area contributed by atoms with Gasteiger partial charge in [0, 0.05) is 27.8 Å². The highest BCUT2D eigenvalue weighted by Gasteiger charge is 2.66. The van der Waals surface area contributed by atoms with Crippen LogP contribution >= 0.6 is 15.9 Å². The molecule has 1 rings (SSSR count). The van der Waals surface area contributed by atoms with Gasteiger partial charge in [0.1, 0.15) is 6.29 Å². The van der Waals surface area contributed by atoms with Crippen molar-refractivity contribution in [2.75, 3.05) is 0 Å². The minimum absolute atomic E-state index is 0.151. The van der Waals surface area contributed by atoms with E-state index in [1.807, 2.05) is 0 Å². The van der Waals surface area contributed by atoms with Crippen molar-refractivity contribution in [2.24, 2.45) is 0 Å². The largest absolute Gasteiger partial charge is 0.465 e. The van der Waals surface area contributed by atoms with Crippen LogP contribution in [0.3, 0.4) is 0 Å². The number of carbonyl (C=O) groups excluding carboxylic acids is 1. The maximum Gasteiger partial charge on any atom is 0.465 e. The van der Waals surface area contributed by atoms with E-state index in [1.165, 1.54) is 12.1 Å². The second kappa shape index (κ2) is 6.34. The Morgan fingerprint density at radius 3 is 2.20 bits per heavy atom. The molecule has 0 aliphatic carbocycles. The first-order valence-electron chi connectivity index (χ1n) is 5.66. The van der Waals surface area contributed by atoms with E-state index in [4.69, 9.17) is 0 Å². The molecule has 1 unspecified atom stereocenters. The molecule has 0 N–H and O–H groups in total. The van der Waals surface area contributed by atoms with Gasteiger partial charge in [-0.05, 0) is 18.6 Å². The molecule has 1 aromatic carbocycles. The zero-order valence-electron chi connectivity index (χ0n) is 10.2. The molecule has 0 aliphatic heterocycles. The number of alkyl halides is 3. The number of halogens is 4. The normalized spacial score (nSPS) is 14.6. The van der Waals surface area contributed by atoms with Crippen molar-refractivity contribution in [3.63, 3.8) is 0 Å². The SMILES string of the molecule is O=CCCCC(c1ccc(Br)cc1)([N+](=O)[O-])C(F)(F)F. The number of rotatable bonds is 6. The second-order valence-electron chi connectivity index (χ2n) is 4.18. The molecule has 8 heteroatoms. The lowest BCUT2D eigenvalue weighted by molar-refractivity contribution is -0.625. The molecule has 0 aromatic heterocycles. The highest BCUT2D eigenvalue weighted by atomic mass is 79.9. The van der Waals surface area contributed by atoms with Crippen LogP contribution < -0.4 is 0 Å². The summed E-state index contributed by atoms with van der Waals surface area (Å²) >= 11 is 3.07. The Morgan fingerprint density at radius 1 is 1.25 bits per heavy atom. The lowest BCUT2D eigenvalue weighted by atomic mass is 9.85. The van der Waals surface area contributed by atoms with Crippen molar-refractivity contribution in [2.45, 2.75) is 31.0 Å². The first-order valence-corrected chi connectivity index (χ1v) is 6.46. The fourth-order valence-corrected chi connectivity index (χ4v) is 2.18. The van der Waals surface area contributed by atoms with E-state index >= 15 is 0 Å². The van der Waals surface area contributed by atoms with Crippen LogP contribution in [-0.4, -0.2) is 17.4 Å². The van der Waals surface area contributed by atoms with Gasteiger partial charge in [0.2, 0.25) is 0 Å². The van der Waals surface area contributed by atoms with Gasteiger partial charge < -0.3 is 4.79 Å². The number of nitrogens with zero attached hydrogens (tertiary/aromatic N) is 1. The highest BCUT2D eigenvalue weighted by Crippen LogP contribution is 2.45. The summed E-state index contributed by atoms with van der Waals surface area (Å²) in [4.78, 5) is 20.0. The molecule has 0 bridgehead atoms. The molecule has 0 radical (unpaired) electrons. The molecule has 0 fully saturated rings. The van der Waals surface area contributed by atoms with Crippen LogP contribution in [0, 0.1) is 10.1 Å². The van der Waals surface area contributed by atoms with E-state index in [0.29, 0.717) is 10.8 Å². The standard InChI is InChI=1S/C12H11BrF3NO3/c13-10-5-3-9(4-6-10)11(17(19)20,12(14,15)16)7-1-2-8-18/h3-6,8H,1-2,7H2. The zero-order valence-corrected chi connectivity index (χ0v) is 11.8. The van der Waals surface area contributed by atoms with Gasteiger partial charge in [0.25, 0.3) is 0 Å². The van der Waals surface area contributed by atoms with Crippen molar-refractivity contribution in [3.8, 4) is 0 Å². The Bertz CT molecular complexity index is 490. The number of unbranched alkanes of at least 4 members (excludes halogenated alkanes) is 1. The Morgan fingerprint density at radius 2 is 1.80 bits per heavy atom. The summed E-state index contributed by atoms with van der Waals surface area (Å²) in [6.45, 7) is 0. The zero-order chi connectivity index (χ0) is 15.4. The molecule has 0 amide bonds. The van der Waals surface area contributed by atoms with E-state index in [0.717, 1.165) is 12.1 Å². The van der Waals surface area contributed by atoms with Crippen molar-refractivity contribution >= 4 is 22.2 Å². The Balaban J connectivity index is 3.33. The summed E-state index contributed by atoms with van der Waals surface area (Å²) in [5, 5.41) is 11.1. The highest BCUT2D eigenvalue weighted by molar-refractivity contribution is 9.10. The number of hydrogen-bond acceptors (Lipinski definition) is 3. The summed E-state index contributed by atoms with van der Waals surface area (Å²) in [6.07, 6.45) is -5.73. The second-order valence-corrected chi connectivity index (χ2v) is 5.10. The lowest BCUT2D eigenvalue weighted by Gasteiger charge is -2.27. The fraction of sp³-hybridized carbons (Fsp3) is 0.417. The minimum atomic E-state index is -5.05. The molecule has 0 aliphatic rings. The Hall–Kier alpha value is -1.44. The maximum atomic E-state index is 13.3. The molecule has 1 atom stereocenters. The van der Waals surface area contributed by atoms with E-state index in [-0.39, 0.29) is 12.8 Å². The monoisotopic (exact) mass is 353 g/mol. The minimum Gasteiger partial charge on any atom is -0.303 e. The summed E-state index contributed by atoms with van der Waals surface area (Å²) < 4.78 is 40.4. The number of carbonyl (C=O) groups is 1. The predicted octanol–water partition coefficient (Wildman–Crippen LogP) is 3.85. The van der Waals surface area contributed by atoms with Gasteiger partial charge in [0.05, 0.1) is 0 Å². The van der Waals surface area contributed by atoms with E-state index in [1.54, 1.807) is 0 Å². The smallest absolute Gasteiger partial charge is 0.303 e. The average molecular weight is 354 g/mol. The van der Waals surface area contributed by atoms with Gasteiger partial charge in [-0.3, -0.25) is 10.1 Å². The molecule has 4 nitrogen and oxygen atoms in total. The molecular formula is C12H11BrF3NO3. The lowest BCUT2D eigenvalue weighted by Crippen LogP contribution is -2.49. The molecule has 0 saturated carbocycles. The Kier molecular flexibility index (Phi) is 5.27. The van der Waals surface area contributed by atoms with Crippen molar-refractivity contribution in [1.29, 1.82) is 0 Å². The predicted molar refractivity (Wildman–Crippen MR) is 68.8 cm³/mol. The topological polar surface area (TPSA) is 60.2 Å². The quantitative estimate of drug-likeness (QED) is 0.337. The maximum absolute atomic E-state index is 13.3. The molecule has 110 valence electrons. The average Bonchev–Trinajstić information content (AvgIpc) is 2.34. The summed E-state index contributed by atoms with van der Waals surface area (Å²) in [5.74, 6) is 0. The third-order valence-corrected chi connectivity index (χ3v) is 3.49. The molecule has 20 heavy (non-hydrogen) atoms. The van der Waals surface area contributed by atoms with Crippen LogP contribution in [0.4, 0.5) is 13.2 Å². The van der Waals surface area contributed by atoms with Gasteiger partial charge >= 0.3 is 11.7 Å². The third kappa shape index (κ3) is 3.17. The van der Waals surface area contributed by atoms with Crippen molar-refractivity contribution in [3.05, 3.63) is 44.4 Å². The van der Waals surface area contributed by atoms with Crippen molar-refractivity contribution < 1.29 is 22.9 Å². The number of benzene rings is 1. The first-order chi connectivity index (χ1) is 9.25. The third-order valence-electron chi connectivity index (χ3n) is 2.96. The van der Waals surface area contributed by atoms with E-state index in [2.05, 4.69) is 15.9 Å². The number of hydrogen-bond donors (Lipinski definition) is 0. The van der Waals surface area contributed by atoms with Gasteiger partial charge in [-0.2, -0.15) is 13.2 Å². The van der Waals surface area contributed by atoms with Gasteiger partial charge in [0.15, 0.2) is 0 Å². The van der Waals surface area contributed by atoms with Crippen LogP contribution in [0.5, 0.6) is 0 Å². The summed E-state index contributed by atoms with van der Waals surface area (Å²) in [6, 6.07) is 4.78. The van der Waals surface area contributed by atoms with E-state index in [9.17, 15) is 28.1 Å². The van der Waals surface area contributed by atoms with Crippen LogP contribution in [0.1, 0.15) is 24.8 Å². The van der Waals surface area contributed by atoms with Gasteiger partial charge in [-0.15, -0.1) is 0 Å². The summed E-state index contributed by atoms with van der Waals surface area (Å²) in [5.41, 5.74) is -3.62. The van der Waals surface area contributed by atoms with Crippen LogP contribution in [0.25, 0.3) is 0 Å². The van der Waals surface area contributed by atoms with Gasteiger partial charge in [-0.25, -0.2) is 0 Å². The molecule has 1 aromatic rings.